The lowest BCUT2D eigenvalue weighted by molar-refractivity contribution is -0.137. The van der Waals surface area contributed by atoms with Crippen LogP contribution < -0.4 is 5.32 Å². The van der Waals surface area contributed by atoms with Crippen LogP contribution in [0.2, 0.25) is 0 Å². The molecule has 1 aliphatic rings. The molecule has 0 aliphatic heterocycles. The number of halogens is 3. The zero-order chi connectivity index (χ0) is 17.3. The fourth-order valence-electron chi connectivity index (χ4n) is 2.81. The standard InChI is InChI=1S/C16H16F3N3O2/c17-16(18,19)10-4-6-12(7-5-10)22-9-11(8-20-22)21-15(24)13-2-1-3-14(13)23/h4-9,13-14,23H,1-3H2,(H,21,24). The molecule has 0 radical (unpaired) electrons. The van der Waals surface area contributed by atoms with Gasteiger partial charge in [-0.25, -0.2) is 4.68 Å². The Kier molecular flexibility index (Phi) is 4.31. The third-order valence-corrected chi connectivity index (χ3v) is 4.13. The second-order valence-electron chi connectivity index (χ2n) is 5.81. The van der Waals surface area contributed by atoms with Crippen molar-refractivity contribution in [3.05, 3.63) is 42.2 Å². The lowest BCUT2D eigenvalue weighted by Crippen LogP contribution is -2.28. The molecule has 1 aliphatic carbocycles. The van der Waals surface area contributed by atoms with Crippen molar-refractivity contribution in [3.63, 3.8) is 0 Å². The highest BCUT2D eigenvalue weighted by molar-refractivity contribution is 5.92. The summed E-state index contributed by atoms with van der Waals surface area (Å²) in [7, 11) is 0. The van der Waals surface area contributed by atoms with Crippen molar-refractivity contribution in [1.29, 1.82) is 0 Å². The van der Waals surface area contributed by atoms with Gasteiger partial charge in [0.15, 0.2) is 0 Å². The molecule has 2 unspecified atom stereocenters. The van der Waals surface area contributed by atoms with Gasteiger partial charge in [-0.1, -0.05) is 0 Å². The van der Waals surface area contributed by atoms with Gasteiger partial charge in [0, 0.05) is 0 Å². The number of nitrogens with zero attached hydrogens (tertiary/aromatic N) is 2. The molecule has 2 N–H and O–H groups in total. The third kappa shape index (κ3) is 3.43. The fraction of sp³-hybridized carbons (Fsp3) is 0.375. The Morgan fingerprint density at radius 3 is 2.54 bits per heavy atom. The van der Waals surface area contributed by atoms with Crippen LogP contribution in [0.4, 0.5) is 18.9 Å². The van der Waals surface area contributed by atoms with Gasteiger partial charge < -0.3 is 10.4 Å². The molecule has 0 spiro atoms. The molecule has 128 valence electrons. The second-order valence-corrected chi connectivity index (χ2v) is 5.81. The van der Waals surface area contributed by atoms with E-state index < -0.39 is 23.8 Å². The van der Waals surface area contributed by atoms with Crippen LogP contribution in [0, 0.1) is 5.92 Å². The third-order valence-electron chi connectivity index (χ3n) is 4.13. The van der Waals surface area contributed by atoms with E-state index in [2.05, 4.69) is 10.4 Å². The van der Waals surface area contributed by atoms with Crippen LogP contribution in [-0.4, -0.2) is 26.9 Å². The topological polar surface area (TPSA) is 67.2 Å². The lowest BCUT2D eigenvalue weighted by atomic mass is 10.1. The van der Waals surface area contributed by atoms with Gasteiger partial charge in [-0.3, -0.25) is 4.79 Å². The highest BCUT2D eigenvalue weighted by Gasteiger charge is 2.32. The summed E-state index contributed by atoms with van der Waals surface area (Å²) < 4.78 is 39.1. The molecule has 1 aromatic heterocycles. The van der Waals surface area contributed by atoms with Gasteiger partial charge in [-0.15, -0.1) is 0 Å². The zero-order valence-electron chi connectivity index (χ0n) is 12.6. The molecule has 1 amide bonds. The number of benzene rings is 1. The molecule has 5 nitrogen and oxygen atoms in total. The van der Waals surface area contributed by atoms with E-state index in [1.54, 1.807) is 0 Å². The number of aliphatic hydroxyl groups excluding tert-OH is 1. The van der Waals surface area contributed by atoms with Crippen LogP contribution in [0.1, 0.15) is 24.8 Å². The highest BCUT2D eigenvalue weighted by Crippen LogP contribution is 2.30. The predicted molar refractivity (Wildman–Crippen MR) is 80.5 cm³/mol. The zero-order valence-corrected chi connectivity index (χ0v) is 12.6. The summed E-state index contributed by atoms with van der Waals surface area (Å²) in [5.41, 5.74) is 0.144. The molecule has 2 atom stereocenters. The summed E-state index contributed by atoms with van der Waals surface area (Å²) >= 11 is 0. The van der Waals surface area contributed by atoms with Gasteiger partial charge in [0.1, 0.15) is 0 Å². The van der Waals surface area contributed by atoms with Crippen LogP contribution in [0.3, 0.4) is 0 Å². The van der Waals surface area contributed by atoms with Crippen molar-refractivity contribution < 1.29 is 23.1 Å². The minimum atomic E-state index is -4.39. The number of aromatic nitrogens is 2. The molecule has 0 saturated heterocycles. The first-order chi connectivity index (χ1) is 11.3. The quantitative estimate of drug-likeness (QED) is 0.903. The maximum absolute atomic E-state index is 12.6. The molecule has 0 bridgehead atoms. The number of alkyl halides is 3. The van der Waals surface area contributed by atoms with E-state index in [4.69, 9.17) is 0 Å². The monoisotopic (exact) mass is 339 g/mol. The van der Waals surface area contributed by atoms with Crippen LogP contribution >= 0.6 is 0 Å². The van der Waals surface area contributed by atoms with Crippen molar-refractivity contribution in [1.82, 2.24) is 9.78 Å². The number of hydrogen-bond acceptors (Lipinski definition) is 3. The number of aliphatic hydroxyl groups is 1. The van der Waals surface area contributed by atoms with Gasteiger partial charge in [-0.2, -0.15) is 18.3 Å². The fourth-order valence-corrected chi connectivity index (χ4v) is 2.81. The summed E-state index contributed by atoms with van der Waals surface area (Å²) in [6.07, 6.45) is -0.0229. The largest absolute Gasteiger partial charge is 0.416 e. The normalized spacial score (nSPS) is 21.0. The van der Waals surface area contributed by atoms with E-state index in [1.165, 1.54) is 29.2 Å². The van der Waals surface area contributed by atoms with Crippen LogP contribution in [0.25, 0.3) is 5.69 Å². The molecule has 1 heterocycles. The average molecular weight is 339 g/mol. The summed E-state index contributed by atoms with van der Waals surface area (Å²) in [4.78, 5) is 12.1. The summed E-state index contributed by atoms with van der Waals surface area (Å²) in [5.74, 6) is -0.702. The molecular formula is C16H16F3N3O2. The number of anilines is 1. The lowest BCUT2D eigenvalue weighted by Gasteiger charge is -2.13. The van der Waals surface area contributed by atoms with Gasteiger partial charge in [0.25, 0.3) is 0 Å². The Morgan fingerprint density at radius 1 is 1.25 bits per heavy atom. The van der Waals surface area contributed by atoms with Crippen LogP contribution in [0.5, 0.6) is 0 Å². The van der Waals surface area contributed by atoms with Gasteiger partial charge in [-0.05, 0) is 43.5 Å². The molecule has 3 rings (SSSR count). The molecular weight excluding hydrogens is 323 g/mol. The first kappa shape index (κ1) is 16.5. The Labute approximate surface area is 136 Å². The van der Waals surface area contributed by atoms with E-state index in [1.807, 2.05) is 0 Å². The Morgan fingerprint density at radius 2 is 1.96 bits per heavy atom. The number of carbonyl (C=O) groups excluding carboxylic acids is 1. The number of rotatable bonds is 3. The van der Waals surface area contributed by atoms with Crippen molar-refractivity contribution in [3.8, 4) is 5.69 Å². The minimum Gasteiger partial charge on any atom is -0.392 e. The maximum atomic E-state index is 12.6. The van der Waals surface area contributed by atoms with Crippen molar-refractivity contribution in [2.45, 2.75) is 31.5 Å². The Bertz CT molecular complexity index is 725. The Balaban J connectivity index is 1.70. The molecule has 2 aromatic rings. The van der Waals surface area contributed by atoms with E-state index in [-0.39, 0.29) is 5.91 Å². The summed E-state index contributed by atoms with van der Waals surface area (Å²) in [5, 5.41) is 16.5. The van der Waals surface area contributed by atoms with E-state index in [0.29, 0.717) is 24.2 Å². The predicted octanol–water partition coefficient (Wildman–Crippen LogP) is 2.99. The smallest absolute Gasteiger partial charge is 0.392 e. The highest BCUT2D eigenvalue weighted by atomic mass is 19.4. The summed E-state index contributed by atoms with van der Waals surface area (Å²) in [6.45, 7) is 0. The summed E-state index contributed by atoms with van der Waals surface area (Å²) in [6, 6.07) is 4.57. The van der Waals surface area contributed by atoms with Crippen LogP contribution in [0.15, 0.2) is 36.7 Å². The van der Waals surface area contributed by atoms with Gasteiger partial charge in [0.05, 0.1) is 41.4 Å². The van der Waals surface area contributed by atoms with Crippen molar-refractivity contribution >= 4 is 11.6 Å². The van der Waals surface area contributed by atoms with Gasteiger partial charge >= 0.3 is 6.18 Å². The average Bonchev–Trinajstić information content (AvgIpc) is 3.15. The van der Waals surface area contributed by atoms with Gasteiger partial charge in [0.2, 0.25) is 5.91 Å². The first-order valence-corrected chi connectivity index (χ1v) is 7.56. The molecule has 1 aromatic carbocycles. The minimum absolute atomic E-state index is 0.271. The van der Waals surface area contributed by atoms with E-state index >= 15 is 0 Å². The van der Waals surface area contributed by atoms with Crippen molar-refractivity contribution in [2.75, 3.05) is 5.32 Å². The maximum Gasteiger partial charge on any atom is 0.416 e. The Hall–Kier alpha value is -2.35. The van der Waals surface area contributed by atoms with E-state index in [9.17, 15) is 23.1 Å². The number of carbonyl (C=O) groups is 1. The van der Waals surface area contributed by atoms with Crippen molar-refractivity contribution in [2.24, 2.45) is 5.92 Å². The van der Waals surface area contributed by atoms with Crippen LogP contribution in [-0.2, 0) is 11.0 Å². The van der Waals surface area contributed by atoms with E-state index in [0.717, 1.165) is 18.6 Å². The molecule has 8 heteroatoms. The molecule has 1 fully saturated rings. The first-order valence-electron chi connectivity index (χ1n) is 7.56. The molecule has 1 saturated carbocycles. The number of amides is 1. The molecule has 24 heavy (non-hydrogen) atoms. The SMILES string of the molecule is O=C(Nc1cnn(-c2ccc(C(F)(F)F)cc2)c1)C1CCCC1O. The number of nitrogens with one attached hydrogen (secondary N) is 1. The second kappa shape index (κ2) is 6.27. The number of hydrogen-bond donors (Lipinski definition) is 2.